The maximum Gasteiger partial charge on any atom is 0.229 e. The number of aliphatic hydroxyl groups excluding tert-OH is 1. The summed E-state index contributed by atoms with van der Waals surface area (Å²) in [5, 5.41) is 21.3. The largest absolute Gasteiger partial charge is 0.394 e. The van der Waals surface area contributed by atoms with Gasteiger partial charge in [0.05, 0.1) is 28.1 Å². The number of nitrogens with one attached hydrogen (secondary N) is 2. The van der Waals surface area contributed by atoms with Crippen molar-refractivity contribution in [3.8, 4) is 11.8 Å². The Balaban J connectivity index is 1.94. The number of hydrogen-bond donors (Lipinski definition) is 4. The minimum atomic E-state index is -2.83. The van der Waals surface area contributed by atoms with Crippen LogP contribution in [0.2, 0.25) is 0 Å². The number of benzene rings is 2. The lowest BCUT2D eigenvalue weighted by atomic mass is 10.1. The molecule has 2 atom stereocenters. The maximum absolute atomic E-state index is 12.0. The van der Waals surface area contributed by atoms with Gasteiger partial charge in [0.1, 0.15) is 5.82 Å². The smallest absolute Gasteiger partial charge is 0.229 e. The second-order valence-corrected chi connectivity index (χ2v) is 9.05. The first-order chi connectivity index (χ1) is 14.8. The van der Waals surface area contributed by atoms with Crippen LogP contribution in [0.25, 0.3) is 0 Å². The van der Waals surface area contributed by atoms with Gasteiger partial charge in [-0.25, -0.2) is 9.19 Å². The van der Waals surface area contributed by atoms with Crippen molar-refractivity contribution in [3.63, 3.8) is 0 Å². The number of nitrogens with zero attached hydrogens (tertiary/aromatic N) is 2. The monoisotopic (exact) mass is 435 g/mol. The van der Waals surface area contributed by atoms with Gasteiger partial charge in [-0.2, -0.15) is 4.98 Å². The van der Waals surface area contributed by atoms with Crippen LogP contribution in [0.3, 0.4) is 0 Å². The molecule has 0 saturated carbocycles. The molecule has 1 aromatic heterocycles. The van der Waals surface area contributed by atoms with Crippen LogP contribution in [0.15, 0.2) is 59.6 Å². The summed E-state index contributed by atoms with van der Waals surface area (Å²) in [6.45, 7) is 3.78. The highest BCUT2D eigenvalue weighted by Gasteiger charge is 2.10. The Morgan fingerprint density at radius 3 is 2.65 bits per heavy atom. The standard InChI is InChI=1S/C23H25N5O2S/c1-16-7-4-5-8-18(16)11-12-19-14-25-23(28-22(19)26-17(2)15-29)27-20-9-6-10-21(13-20)31(3,24)30/h4-10,13-14,17,29H,3,15H2,1-2H3,(H2,24,30)(H2,25,26,27,28)/t17-,31?/m1/s1. The number of aromatic nitrogens is 2. The second-order valence-electron chi connectivity index (χ2n) is 7.13. The number of hydrogen-bond acceptors (Lipinski definition) is 6. The zero-order valence-electron chi connectivity index (χ0n) is 17.4. The van der Waals surface area contributed by atoms with Crippen LogP contribution in [-0.4, -0.2) is 37.8 Å². The molecule has 0 amide bonds. The van der Waals surface area contributed by atoms with Gasteiger partial charge in [0.15, 0.2) is 0 Å². The molecule has 0 bridgehead atoms. The van der Waals surface area contributed by atoms with Crippen LogP contribution in [0.5, 0.6) is 0 Å². The lowest BCUT2D eigenvalue weighted by Crippen LogP contribution is -2.21. The fraction of sp³-hybridized carbons (Fsp3) is 0.174. The fourth-order valence-corrected chi connectivity index (χ4v) is 3.32. The van der Waals surface area contributed by atoms with Crippen molar-refractivity contribution in [1.82, 2.24) is 9.97 Å². The molecule has 0 fully saturated rings. The minimum absolute atomic E-state index is 0.0617. The van der Waals surface area contributed by atoms with Crippen molar-refractivity contribution in [1.29, 1.82) is 0 Å². The average Bonchev–Trinajstić information content (AvgIpc) is 2.74. The van der Waals surface area contributed by atoms with Gasteiger partial charge in [0.25, 0.3) is 0 Å². The van der Waals surface area contributed by atoms with E-state index in [1.165, 1.54) is 0 Å². The molecule has 0 spiro atoms. The van der Waals surface area contributed by atoms with Crippen molar-refractivity contribution in [2.45, 2.75) is 24.8 Å². The van der Waals surface area contributed by atoms with Crippen LogP contribution in [0, 0.1) is 18.8 Å². The summed E-state index contributed by atoms with van der Waals surface area (Å²) in [7, 11) is -2.83. The van der Waals surface area contributed by atoms with Crippen LogP contribution in [0.1, 0.15) is 23.6 Å². The van der Waals surface area contributed by atoms with Crippen LogP contribution in [0.4, 0.5) is 17.5 Å². The molecule has 7 nitrogen and oxygen atoms in total. The summed E-state index contributed by atoms with van der Waals surface area (Å²) >= 11 is 0. The van der Waals surface area contributed by atoms with E-state index in [2.05, 4.69) is 38.3 Å². The molecule has 0 aliphatic carbocycles. The molecule has 0 radical (unpaired) electrons. The Morgan fingerprint density at radius 1 is 1.19 bits per heavy atom. The number of nitrogens with two attached hydrogens (primary N) is 1. The maximum atomic E-state index is 12.0. The molecule has 1 heterocycles. The highest BCUT2D eigenvalue weighted by atomic mass is 32.2. The minimum Gasteiger partial charge on any atom is -0.394 e. The third-order valence-corrected chi connectivity index (χ3v) is 5.46. The van der Waals surface area contributed by atoms with Crippen molar-refractivity contribution >= 4 is 33.0 Å². The quantitative estimate of drug-likeness (QED) is 0.350. The topological polar surface area (TPSA) is 113 Å². The van der Waals surface area contributed by atoms with E-state index in [1.54, 1.807) is 30.5 Å². The summed E-state index contributed by atoms with van der Waals surface area (Å²) in [6, 6.07) is 14.4. The zero-order chi connectivity index (χ0) is 22.4. The molecule has 5 N–H and O–H groups in total. The molecule has 8 heteroatoms. The average molecular weight is 436 g/mol. The van der Waals surface area contributed by atoms with Crippen molar-refractivity contribution in [2.75, 3.05) is 17.2 Å². The van der Waals surface area contributed by atoms with Crippen LogP contribution >= 0.6 is 0 Å². The van der Waals surface area contributed by atoms with E-state index in [4.69, 9.17) is 5.14 Å². The van der Waals surface area contributed by atoms with Gasteiger partial charge in [-0.05, 0) is 49.5 Å². The Morgan fingerprint density at radius 2 is 1.94 bits per heavy atom. The van der Waals surface area contributed by atoms with Gasteiger partial charge in [-0.3, -0.25) is 5.14 Å². The van der Waals surface area contributed by atoms with Gasteiger partial charge >= 0.3 is 0 Å². The van der Waals surface area contributed by atoms with Crippen molar-refractivity contribution < 1.29 is 9.32 Å². The first-order valence-corrected chi connectivity index (χ1v) is 11.4. The summed E-state index contributed by atoms with van der Waals surface area (Å²) in [5.74, 6) is 10.6. The Labute approximate surface area is 182 Å². The molecule has 0 aliphatic rings. The molecular weight excluding hydrogens is 410 g/mol. The summed E-state index contributed by atoms with van der Waals surface area (Å²) in [5.41, 5.74) is 3.22. The van der Waals surface area contributed by atoms with Crippen LogP contribution < -0.4 is 15.8 Å². The molecule has 0 aliphatic heterocycles. The predicted molar refractivity (Wildman–Crippen MR) is 127 cm³/mol. The molecular formula is C23H25N5O2S. The molecule has 31 heavy (non-hydrogen) atoms. The highest BCUT2D eigenvalue weighted by Crippen LogP contribution is 2.20. The molecule has 0 saturated heterocycles. The number of anilines is 3. The van der Waals surface area contributed by atoms with E-state index in [0.29, 0.717) is 27.9 Å². The molecule has 2 aromatic carbocycles. The lowest BCUT2D eigenvalue weighted by molar-refractivity contribution is 0.281. The zero-order valence-corrected chi connectivity index (χ0v) is 18.2. The van der Waals surface area contributed by atoms with Gasteiger partial charge in [0, 0.05) is 22.2 Å². The van der Waals surface area contributed by atoms with E-state index >= 15 is 0 Å². The van der Waals surface area contributed by atoms with E-state index in [-0.39, 0.29) is 12.6 Å². The molecule has 3 rings (SSSR count). The Bertz CT molecular complexity index is 1250. The van der Waals surface area contributed by atoms with Crippen LogP contribution in [-0.2, 0) is 9.71 Å². The summed E-state index contributed by atoms with van der Waals surface area (Å²) < 4.78 is 12.0. The van der Waals surface area contributed by atoms with Gasteiger partial charge < -0.3 is 15.7 Å². The normalized spacial score (nSPS) is 13.4. The first-order valence-electron chi connectivity index (χ1n) is 9.60. The van der Waals surface area contributed by atoms with Gasteiger partial charge in [-0.1, -0.05) is 36.1 Å². The number of aryl methyl sites for hydroxylation is 1. The fourth-order valence-electron chi connectivity index (χ4n) is 2.69. The van der Waals surface area contributed by atoms with Gasteiger partial charge in [0.2, 0.25) is 5.95 Å². The number of rotatable bonds is 6. The first kappa shape index (κ1) is 22.3. The van der Waals surface area contributed by atoms with Crippen molar-refractivity contribution in [3.05, 3.63) is 71.4 Å². The Kier molecular flexibility index (Phi) is 6.92. The molecule has 1 unspecified atom stereocenters. The SMILES string of the molecule is C=S(N)(=O)c1cccc(Nc2ncc(C#Cc3ccccc3C)c(N[C@H](C)CO)n2)c1. The lowest BCUT2D eigenvalue weighted by Gasteiger charge is -2.14. The Hall–Kier alpha value is -3.38. The van der Waals surface area contributed by atoms with E-state index < -0.39 is 9.71 Å². The van der Waals surface area contributed by atoms with E-state index in [1.807, 2.05) is 38.1 Å². The van der Waals surface area contributed by atoms with E-state index in [0.717, 1.165) is 11.1 Å². The van der Waals surface area contributed by atoms with Crippen molar-refractivity contribution in [2.24, 2.45) is 5.14 Å². The molecule has 160 valence electrons. The molecule has 3 aromatic rings. The second kappa shape index (κ2) is 9.62. The third-order valence-electron chi connectivity index (χ3n) is 4.41. The predicted octanol–water partition coefficient (Wildman–Crippen LogP) is 2.67. The third kappa shape index (κ3) is 6.06. The summed E-state index contributed by atoms with van der Waals surface area (Å²) in [4.78, 5) is 9.29. The number of aliphatic hydroxyl groups is 1. The van der Waals surface area contributed by atoms with E-state index in [9.17, 15) is 9.32 Å². The highest BCUT2D eigenvalue weighted by molar-refractivity contribution is 7.98. The van der Waals surface area contributed by atoms with Gasteiger partial charge in [-0.15, -0.1) is 0 Å². The summed E-state index contributed by atoms with van der Waals surface area (Å²) in [6.07, 6.45) is 1.62.